The van der Waals surface area contributed by atoms with Crippen molar-refractivity contribution in [3.05, 3.63) is 35.9 Å². The molecule has 0 radical (unpaired) electrons. The van der Waals surface area contributed by atoms with Gasteiger partial charge in [0, 0.05) is 19.6 Å². The SMILES string of the molecule is CCN(CC)CCNC(=S)NCc1ccccc1. The van der Waals surface area contributed by atoms with Gasteiger partial charge >= 0.3 is 0 Å². The maximum Gasteiger partial charge on any atom is 0.166 e. The molecule has 0 amide bonds. The van der Waals surface area contributed by atoms with Gasteiger partial charge in [0.25, 0.3) is 0 Å². The molecule has 0 spiro atoms. The van der Waals surface area contributed by atoms with E-state index in [1.165, 1.54) is 5.56 Å². The van der Waals surface area contributed by atoms with Gasteiger partial charge in [0.05, 0.1) is 0 Å². The van der Waals surface area contributed by atoms with Crippen molar-refractivity contribution >= 4 is 17.3 Å². The zero-order valence-electron chi connectivity index (χ0n) is 11.3. The number of benzene rings is 1. The third-order valence-electron chi connectivity index (χ3n) is 2.90. The van der Waals surface area contributed by atoms with Crippen molar-refractivity contribution < 1.29 is 0 Å². The van der Waals surface area contributed by atoms with Crippen molar-refractivity contribution in [3.63, 3.8) is 0 Å². The van der Waals surface area contributed by atoms with Crippen LogP contribution >= 0.6 is 12.2 Å². The van der Waals surface area contributed by atoms with E-state index in [1.807, 2.05) is 18.2 Å². The molecule has 0 bridgehead atoms. The lowest BCUT2D eigenvalue weighted by atomic mass is 10.2. The first-order valence-corrected chi connectivity index (χ1v) is 6.95. The minimum atomic E-state index is 0.728. The molecule has 0 saturated heterocycles. The molecular formula is C14H23N3S. The maximum absolute atomic E-state index is 5.24. The van der Waals surface area contributed by atoms with Gasteiger partial charge in [-0.15, -0.1) is 0 Å². The molecule has 0 aliphatic carbocycles. The van der Waals surface area contributed by atoms with Crippen molar-refractivity contribution in [2.45, 2.75) is 20.4 Å². The molecule has 0 saturated carbocycles. The summed E-state index contributed by atoms with van der Waals surface area (Å²) in [6.07, 6.45) is 0. The van der Waals surface area contributed by atoms with Gasteiger partial charge < -0.3 is 15.5 Å². The van der Waals surface area contributed by atoms with E-state index in [2.05, 4.69) is 41.5 Å². The molecule has 0 aliphatic heterocycles. The molecule has 4 heteroatoms. The first-order chi connectivity index (χ1) is 8.76. The molecule has 0 aliphatic rings. The Labute approximate surface area is 116 Å². The molecule has 0 heterocycles. The smallest absolute Gasteiger partial charge is 0.166 e. The van der Waals surface area contributed by atoms with Gasteiger partial charge in [-0.3, -0.25) is 0 Å². The second kappa shape index (κ2) is 8.89. The van der Waals surface area contributed by atoms with Crippen LogP contribution in [0.1, 0.15) is 19.4 Å². The van der Waals surface area contributed by atoms with Crippen LogP contribution in [0.2, 0.25) is 0 Å². The van der Waals surface area contributed by atoms with Gasteiger partial charge in [-0.1, -0.05) is 44.2 Å². The van der Waals surface area contributed by atoms with Crippen LogP contribution in [-0.2, 0) is 6.54 Å². The summed E-state index contributed by atoms with van der Waals surface area (Å²) in [6, 6.07) is 10.3. The largest absolute Gasteiger partial charge is 0.361 e. The second-order valence-corrected chi connectivity index (χ2v) is 4.53. The molecule has 3 nitrogen and oxygen atoms in total. The number of thiocarbonyl (C=S) groups is 1. The number of likely N-dealkylation sites (N-methyl/N-ethyl adjacent to an activating group) is 1. The van der Waals surface area contributed by atoms with Gasteiger partial charge in [0.1, 0.15) is 0 Å². The lowest BCUT2D eigenvalue weighted by Gasteiger charge is -2.18. The first kappa shape index (κ1) is 14.9. The summed E-state index contributed by atoms with van der Waals surface area (Å²) in [7, 11) is 0. The zero-order valence-corrected chi connectivity index (χ0v) is 12.1. The summed E-state index contributed by atoms with van der Waals surface area (Å²) in [5, 5.41) is 7.17. The lowest BCUT2D eigenvalue weighted by Crippen LogP contribution is -2.39. The Hall–Kier alpha value is -1.13. The summed E-state index contributed by atoms with van der Waals surface area (Å²) in [5.41, 5.74) is 1.24. The van der Waals surface area contributed by atoms with E-state index in [0.717, 1.165) is 37.8 Å². The summed E-state index contributed by atoms with van der Waals surface area (Å²) in [5.74, 6) is 0. The van der Waals surface area contributed by atoms with E-state index in [1.54, 1.807) is 0 Å². The molecular weight excluding hydrogens is 242 g/mol. The van der Waals surface area contributed by atoms with Crippen LogP contribution in [0, 0.1) is 0 Å². The van der Waals surface area contributed by atoms with Gasteiger partial charge in [-0.2, -0.15) is 0 Å². The quantitative estimate of drug-likeness (QED) is 0.737. The molecule has 18 heavy (non-hydrogen) atoms. The second-order valence-electron chi connectivity index (χ2n) is 4.12. The van der Waals surface area contributed by atoms with Crippen LogP contribution in [0.5, 0.6) is 0 Å². The Morgan fingerprint density at radius 3 is 2.39 bits per heavy atom. The fraction of sp³-hybridized carbons (Fsp3) is 0.500. The van der Waals surface area contributed by atoms with Gasteiger partial charge in [0.2, 0.25) is 0 Å². The Bertz CT molecular complexity index is 336. The molecule has 0 unspecified atom stereocenters. The number of hydrogen-bond donors (Lipinski definition) is 2. The Morgan fingerprint density at radius 2 is 1.78 bits per heavy atom. The van der Waals surface area contributed by atoms with Crippen LogP contribution in [-0.4, -0.2) is 36.2 Å². The average Bonchev–Trinajstić information content (AvgIpc) is 2.42. The highest BCUT2D eigenvalue weighted by atomic mass is 32.1. The minimum absolute atomic E-state index is 0.728. The van der Waals surface area contributed by atoms with E-state index >= 15 is 0 Å². The normalized spacial score (nSPS) is 10.4. The predicted molar refractivity (Wildman–Crippen MR) is 81.7 cm³/mol. The topological polar surface area (TPSA) is 27.3 Å². The highest BCUT2D eigenvalue weighted by Gasteiger charge is 1.99. The molecule has 2 N–H and O–H groups in total. The number of hydrogen-bond acceptors (Lipinski definition) is 2. The lowest BCUT2D eigenvalue weighted by molar-refractivity contribution is 0.308. The van der Waals surface area contributed by atoms with Crippen molar-refractivity contribution in [1.29, 1.82) is 0 Å². The predicted octanol–water partition coefficient (Wildman–Crippen LogP) is 1.99. The van der Waals surface area contributed by atoms with Gasteiger partial charge in [0.15, 0.2) is 5.11 Å². The minimum Gasteiger partial charge on any atom is -0.361 e. The Kier molecular flexibility index (Phi) is 7.37. The third kappa shape index (κ3) is 5.98. The van der Waals surface area contributed by atoms with Crippen LogP contribution < -0.4 is 10.6 Å². The molecule has 0 fully saturated rings. The summed E-state index contributed by atoms with van der Waals surface area (Å²) in [6.45, 7) is 9.22. The molecule has 100 valence electrons. The van der Waals surface area contributed by atoms with Gasteiger partial charge in [-0.05, 0) is 30.9 Å². The van der Waals surface area contributed by atoms with Crippen molar-refractivity contribution in [3.8, 4) is 0 Å². The van der Waals surface area contributed by atoms with E-state index in [-0.39, 0.29) is 0 Å². The molecule has 1 aromatic rings. The standard InChI is InChI=1S/C14H23N3S/c1-3-17(4-2)11-10-15-14(18)16-12-13-8-6-5-7-9-13/h5-9H,3-4,10-12H2,1-2H3,(H2,15,16,18). The summed E-state index contributed by atoms with van der Waals surface area (Å²) in [4.78, 5) is 2.37. The summed E-state index contributed by atoms with van der Waals surface area (Å²) < 4.78 is 0. The number of nitrogens with zero attached hydrogens (tertiary/aromatic N) is 1. The van der Waals surface area contributed by atoms with Gasteiger partial charge in [-0.25, -0.2) is 0 Å². The average molecular weight is 265 g/mol. The highest BCUT2D eigenvalue weighted by Crippen LogP contribution is 1.96. The van der Waals surface area contributed by atoms with Crippen LogP contribution in [0.15, 0.2) is 30.3 Å². The van der Waals surface area contributed by atoms with E-state index in [0.29, 0.717) is 0 Å². The molecule has 1 aromatic carbocycles. The van der Waals surface area contributed by atoms with E-state index < -0.39 is 0 Å². The van der Waals surface area contributed by atoms with Crippen molar-refractivity contribution in [1.82, 2.24) is 15.5 Å². The van der Waals surface area contributed by atoms with Crippen LogP contribution in [0.3, 0.4) is 0 Å². The maximum atomic E-state index is 5.24. The zero-order chi connectivity index (χ0) is 13.2. The number of rotatable bonds is 7. The van der Waals surface area contributed by atoms with Crippen molar-refractivity contribution in [2.75, 3.05) is 26.2 Å². The number of nitrogens with one attached hydrogen (secondary N) is 2. The molecule has 1 rings (SSSR count). The van der Waals surface area contributed by atoms with Crippen molar-refractivity contribution in [2.24, 2.45) is 0 Å². The van der Waals surface area contributed by atoms with E-state index in [4.69, 9.17) is 12.2 Å². The Morgan fingerprint density at radius 1 is 1.11 bits per heavy atom. The Balaban J connectivity index is 2.14. The first-order valence-electron chi connectivity index (χ1n) is 6.54. The fourth-order valence-corrected chi connectivity index (χ4v) is 1.88. The fourth-order valence-electron chi connectivity index (χ4n) is 1.71. The van der Waals surface area contributed by atoms with Crippen LogP contribution in [0.4, 0.5) is 0 Å². The monoisotopic (exact) mass is 265 g/mol. The third-order valence-corrected chi connectivity index (χ3v) is 3.19. The van der Waals surface area contributed by atoms with E-state index in [9.17, 15) is 0 Å². The summed E-state index contributed by atoms with van der Waals surface area (Å²) >= 11 is 5.24. The highest BCUT2D eigenvalue weighted by molar-refractivity contribution is 7.80. The molecule has 0 aromatic heterocycles. The van der Waals surface area contributed by atoms with Crippen LogP contribution in [0.25, 0.3) is 0 Å². The molecule has 0 atom stereocenters.